The first-order valence-electron chi connectivity index (χ1n) is 8.09. The van der Waals surface area contributed by atoms with E-state index in [1.54, 1.807) is 7.11 Å². The second-order valence-electron chi connectivity index (χ2n) is 5.86. The Morgan fingerprint density at radius 2 is 2.20 bits per heavy atom. The average Bonchev–Trinajstić information content (AvgIpc) is 2.84. The molecular formula is C18H23N5OS. The number of methoxy groups -OCH3 is 1. The number of fused-ring (bicyclic) bond motifs is 1. The van der Waals surface area contributed by atoms with Crippen LogP contribution in [0, 0.1) is 0 Å². The van der Waals surface area contributed by atoms with E-state index in [1.807, 2.05) is 30.0 Å². The molecule has 7 heteroatoms. The highest BCUT2D eigenvalue weighted by Gasteiger charge is 2.16. The molecule has 0 aliphatic carbocycles. The van der Waals surface area contributed by atoms with E-state index in [1.165, 1.54) is 16.0 Å². The summed E-state index contributed by atoms with van der Waals surface area (Å²) in [6.45, 7) is 2.78. The van der Waals surface area contributed by atoms with Crippen LogP contribution in [0.5, 0.6) is 5.75 Å². The van der Waals surface area contributed by atoms with Crippen LogP contribution in [0.3, 0.4) is 0 Å². The molecule has 3 rings (SSSR count). The molecule has 0 unspecified atom stereocenters. The molecule has 0 bridgehead atoms. The molecule has 0 atom stereocenters. The van der Waals surface area contributed by atoms with Crippen molar-refractivity contribution in [2.75, 3.05) is 19.4 Å². The summed E-state index contributed by atoms with van der Waals surface area (Å²) < 4.78 is 5.37. The number of hydrogen-bond acceptors (Lipinski definition) is 6. The predicted octanol–water partition coefficient (Wildman–Crippen LogP) is 1.89. The average molecular weight is 357 g/mol. The van der Waals surface area contributed by atoms with Crippen LogP contribution in [0.2, 0.25) is 0 Å². The summed E-state index contributed by atoms with van der Waals surface area (Å²) in [7, 11) is 1.71. The first-order valence-corrected chi connectivity index (χ1v) is 9.08. The summed E-state index contributed by atoms with van der Waals surface area (Å²) in [5.41, 5.74) is 5.92. The van der Waals surface area contributed by atoms with Gasteiger partial charge >= 0.3 is 0 Å². The summed E-state index contributed by atoms with van der Waals surface area (Å²) in [6, 6.07) is 14.4. The van der Waals surface area contributed by atoms with Crippen molar-refractivity contribution in [2.24, 2.45) is 16.8 Å². The summed E-state index contributed by atoms with van der Waals surface area (Å²) in [5, 5.41) is 3.68. The minimum Gasteiger partial charge on any atom is -0.497 e. The smallest absolute Gasteiger partial charge is 0.166 e. The van der Waals surface area contributed by atoms with E-state index in [0.717, 1.165) is 36.7 Å². The molecule has 6 nitrogen and oxygen atoms in total. The van der Waals surface area contributed by atoms with Gasteiger partial charge in [-0.1, -0.05) is 18.2 Å². The number of nitrogens with two attached hydrogens (primary N) is 2. The molecule has 0 saturated carbocycles. The molecule has 2 aromatic rings. The van der Waals surface area contributed by atoms with Gasteiger partial charge in [0.15, 0.2) is 5.84 Å². The molecule has 25 heavy (non-hydrogen) atoms. The van der Waals surface area contributed by atoms with Crippen molar-refractivity contribution in [1.82, 2.24) is 10.3 Å². The van der Waals surface area contributed by atoms with Crippen molar-refractivity contribution in [1.29, 1.82) is 0 Å². The first kappa shape index (κ1) is 17.6. The number of amidine groups is 1. The highest BCUT2D eigenvalue weighted by atomic mass is 32.2. The van der Waals surface area contributed by atoms with Gasteiger partial charge in [-0.15, -0.1) is 11.8 Å². The monoisotopic (exact) mass is 357 g/mol. The van der Waals surface area contributed by atoms with Gasteiger partial charge in [-0.25, -0.2) is 5.84 Å². The first-order chi connectivity index (χ1) is 12.2. The molecule has 0 spiro atoms. The lowest BCUT2D eigenvalue weighted by molar-refractivity contribution is 0.274. The molecule has 1 heterocycles. The minimum atomic E-state index is 0.475. The molecule has 1 aliphatic heterocycles. The molecule has 0 aromatic heterocycles. The zero-order valence-electron chi connectivity index (χ0n) is 14.2. The number of hydrogen-bond donors (Lipinski definition) is 3. The lowest BCUT2D eigenvalue weighted by Gasteiger charge is -2.21. The second-order valence-corrected chi connectivity index (χ2v) is 6.99. The molecule has 0 saturated heterocycles. The maximum absolute atomic E-state index is 5.46. The molecule has 2 aromatic carbocycles. The van der Waals surface area contributed by atoms with Crippen molar-refractivity contribution in [3.63, 3.8) is 0 Å². The summed E-state index contributed by atoms with van der Waals surface area (Å²) in [4.78, 5) is 3.77. The van der Waals surface area contributed by atoms with Crippen LogP contribution in [0.1, 0.15) is 16.7 Å². The third-order valence-corrected chi connectivity index (χ3v) is 5.30. The van der Waals surface area contributed by atoms with Crippen LogP contribution in [0.15, 0.2) is 52.5 Å². The van der Waals surface area contributed by atoms with E-state index in [-0.39, 0.29) is 0 Å². The summed E-state index contributed by atoms with van der Waals surface area (Å²) >= 11 is 1.90. The molecule has 1 aliphatic rings. The number of ether oxygens (including phenoxy) is 1. The van der Waals surface area contributed by atoms with Crippen LogP contribution in [0.4, 0.5) is 0 Å². The number of hydrazone groups is 1. The number of nitrogens with zero attached hydrogens (tertiary/aromatic N) is 2. The van der Waals surface area contributed by atoms with Gasteiger partial charge in [0.05, 0.1) is 7.11 Å². The number of thioether (sulfide) groups is 1. The Bertz CT molecular complexity index is 765. The van der Waals surface area contributed by atoms with Crippen molar-refractivity contribution in [3.8, 4) is 5.75 Å². The van der Waals surface area contributed by atoms with Gasteiger partial charge < -0.3 is 16.0 Å². The lowest BCUT2D eigenvalue weighted by atomic mass is 10.1. The van der Waals surface area contributed by atoms with Gasteiger partial charge in [0.1, 0.15) is 5.75 Å². The van der Waals surface area contributed by atoms with Gasteiger partial charge in [-0.2, -0.15) is 5.10 Å². The van der Waals surface area contributed by atoms with Crippen molar-refractivity contribution < 1.29 is 4.74 Å². The number of rotatable bonds is 4. The molecule has 0 radical (unpaired) electrons. The molecule has 0 amide bonds. The fraction of sp³-hybridized carbons (Fsp3) is 0.278. The van der Waals surface area contributed by atoms with Gasteiger partial charge in [0, 0.05) is 35.8 Å². The Kier molecular flexibility index (Phi) is 5.80. The Labute approximate surface area is 152 Å². The van der Waals surface area contributed by atoms with Crippen LogP contribution in [0.25, 0.3) is 0 Å². The fourth-order valence-corrected chi connectivity index (χ4v) is 4.00. The van der Waals surface area contributed by atoms with Crippen molar-refractivity contribution in [3.05, 3.63) is 59.2 Å². The predicted molar refractivity (Wildman–Crippen MR) is 102 cm³/mol. The highest BCUT2D eigenvalue weighted by Crippen LogP contribution is 2.30. The van der Waals surface area contributed by atoms with Crippen LogP contribution < -0.4 is 21.8 Å². The van der Waals surface area contributed by atoms with E-state index < -0.39 is 0 Å². The maximum atomic E-state index is 5.46. The normalized spacial score (nSPS) is 15.4. The largest absolute Gasteiger partial charge is 0.497 e. The van der Waals surface area contributed by atoms with Crippen molar-refractivity contribution >= 4 is 17.6 Å². The zero-order valence-corrected chi connectivity index (χ0v) is 15.1. The summed E-state index contributed by atoms with van der Waals surface area (Å²) in [6.07, 6.45) is 0. The highest BCUT2D eigenvalue weighted by molar-refractivity contribution is 7.99. The molecular weight excluding hydrogens is 334 g/mol. The number of benzene rings is 2. The number of nitrogens with one attached hydrogen (secondary N) is 1. The Morgan fingerprint density at radius 3 is 2.96 bits per heavy atom. The third-order valence-electron chi connectivity index (χ3n) is 4.20. The molecule has 132 valence electrons. The summed E-state index contributed by atoms with van der Waals surface area (Å²) in [5.74, 6) is 13.3. The van der Waals surface area contributed by atoms with E-state index >= 15 is 0 Å². The number of hydrazine groups is 1. The Balaban J connectivity index is 1.78. The van der Waals surface area contributed by atoms with E-state index in [9.17, 15) is 0 Å². The van der Waals surface area contributed by atoms with Gasteiger partial charge in [-0.3, -0.25) is 4.90 Å². The topological polar surface area (TPSA) is 88.9 Å². The van der Waals surface area contributed by atoms with E-state index in [2.05, 4.69) is 39.7 Å². The van der Waals surface area contributed by atoms with Gasteiger partial charge in [-0.05, 0) is 35.4 Å². The zero-order chi connectivity index (χ0) is 17.6. The van der Waals surface area contributed by atoms with Crippen LogP contribution in [-0.4, -0.2) is 30.1 Å². The SMILES string of the molecule is COc1ccc2c(c1)CN(Cc1cccc(/C(=N/N)NN)c1)CCS2. The van der Waals surface area contributed by atoms with E-state index in [0.29, 0.717) is 5.84 Å². The van der Waals surface area contributed by atoms with Crippen LogP contribution >= 0.6 is 11.8 Å². The van der Waals surface area contributed by atoms with E-state index in [4.69, 9.17) is 16.4 Å². The Morgan fingerprint density at radius 1 is 1.32 bits per heavy atom. The quantitative estimate of drug-likeness (QED) is 0.335. The fourth-order valence-electron chi connectivity index (χ4n) is 2.96. The standard InChI is InChI=1S/C18H23N5OS/c1-24-16-5-6-17-15(10-16)12-23(7-8-25-17)11-13-3-2-4-14(9-13)18(21-19)22-20/h2-6,9-10H,7-8,11-12,19-20H2,1H3,(H,21,22). The second kappa shape index (κ2) is 8.24. The molecule has 0 fully saturated rings. The van der Waals surface area contributed by atoms with Crippen molar-refractivity contribution in [2.45, 2.75) is 18.0 Å². The van der Waals surface area contributed by atoms with Gasteiger partial charge in [0.25, 0.3) is 0 Å². The van der Waals surface area contributed by atoms with Gasteiger partial charge in [0.2, 0.25) is 0 Å². The third kappa shape index (κ3) is 4.25. The lowest BCUT2D eigenvalue weighted by Crippen LogP contribution is -2.32. The minimum absolute atomic E-state index is 0.475. The Hall–Kier alpha value is -2.22. The maximum Gasteiger partial charge on any atom is 0.166 e. The van der Waals surface area contributed by atoms with Crippen LogP contribution in [-0.2, 0) is 13.1 Å². The molecule has 5 N–H and O–H groups in total.